The minimum Gasteiger partial charge on any atom is -0.294 e. The molecule has 88 valence electrons. The van der Waals surface area contributed by atoms with E-state index in [-0.39, 0.29) is 5.78 Å². The number of thiophene rings is 1. The molecule has 0 aliphatic carbocycles. The predicted octanol–water partition coefficient (Wildman–Crippen LogP) is 4.82. The summed E-state index contributed by atoms with van der Waals surface area (Å²) >= 11 is 9.84. The van der Waals surface area contributed by atoms with Crippen LogP contribution in [0.2, 0.25) is 5.02 Å². The Morgan fingerprint density at radius 1 is 1.35 bits per heavy atom. The smallest absolute Gasteiger partial charge is 0.163 e. The van der Waals surface area contributed by atoms with E-state index in [2.05, 4.69) is 28.7 Å². The summed E-state index contributed by atoms with van der Waals surface area (Å²) in [5, 5.41) is 2.68. The Hall–Kier alpha value is -0.390. The van der Waals surface area contributed by atoms with E-state index in [0.717, 1.165) is 9.99 Å². The third-order valence-corrected chi connectivity index (χ3v) is 4.93. The monoisotopic (exact) mass is 376 g/mol. The average Bonchev–Trinajstić information content (AvgIpc) is 2.82. The molecular formula is C13H10ClIOS. The molecule has 4 heteroatoms. The normalized spacial score (nSPS) is 10.5. The molecule has 2 aromatic rings. The number of halogens is 2. The Morgan fingerprint density at radius 3 is 2.82 bits per heavy atom. The first-order valence-electron chi connectivity index (χ1n) is 5.17. The summed E-state index contributed by atoms with van der Waals surface area (Å²) in [6, 6.07) is 9.52. The number of aryl methyl sites for hydroxylation is 1. The molecule has 0 aliphatic rings. The molecule has 0 spiro atoms. The summed E-state index contributed by atoms with van der Waals surface area (Å²) in [6.07, 6.45) is 1.34. The molecule has 0 amide bonds. The van der Waals surface area contributed by atoms with Crippen molar-refractivity contribution in [1.29, 1.82) is 0 Å². The van der Waals surface area contributed by atoms with Crippen LogP contribution in [0.15, 0.2) is 35.7 Å². The zero-order chi connectivity index (χ0) is 12.3. The minimum absolute atomic E-state index is 0.150. The number of ketones is 1. The van der Waals surface area contributed by atoms with Crippen LogP contribution in [0.1, 0.15) is 21.7 Å². The van der Waals surface area contributed by atoms with E-state index in [1.165, 1.54) is 4.88 Å². The molecular weight excluding hydrogens is 367 g/mol. The summed E-state index contributed by atoms with van der Waals surface area (Å²) in [5.74, 6) is 0.150. The summed E-state index contributed by atoms with van der Waals surface area (Å²) in [4.78, 5) is 13.2. The first kappa shape index (κ1) is 13.1. The van der Waals surface area contributed by atoms with Crippen molar-refractivity contribution >= 4 is 51.3 Å². The SMILES string of the molecule is O=C(CCc1cccs1)c1ccc(I)c(Cl)c1. The lowest BCUT2D eigenvalue weighted by Crippen LogP contribution is -2.00. The van der Waals surface area contributed by atoms with Gasteiger partial charge < -0.3 is 0 Å². The number of benzene rings is 1. The number of hydrogen-bond acceptors (Lipinski definition) is 2. The van der Waals surface area contributed by atoms with Crippen LogP contribution in [0, 0.1) is 3.57 Å². The van der Waals surface area contributed by atoms with Gasteiger partial charge in [-0.3, -0.25) is 4.79 Å². The van der Waals surface area contributed by atoms with E-state index >= 15 is 0 Å². The van der Waals surface area contributed by atoms with Crippen molar-refractivity contribution in [2.24, 2.45) is 0 Å². The zero-order valence-electron chi connectivity index (χ0n) is 8.95. The molecule has 1 heterocycles. The largest absolute Gasteiger partial charge is 0.294 e. The quantitative estimate of drug-likeness (QED) is 0.552. The fraction of sp³-hybridized carbons (Fsp3) is 0.154. The second-order valence-corrected chi connectivity index (χ2v) is 6.23. The van der Waals surface area contributed by atoms with Gasteiger partial charge in [-0.15, -0.1) is 11.3 Å². The molecule has 0 saturated carbocycles. The van der Waals surface area contributed by atoms with Gasteiger partial charge in [-0.2, -0.15) is 0 Å². The lowest BCUT2D eigenvalue weighted by atomic mass is 10.1. The molecule has 0 N–H and O–H groups in total. The molecule has 0 bridgehead atoms. The van der Waals surface area contributed by atoms with Crippen molar-refractivity contribution < 1.29 is 4.79 Å². The average molecular weight is 377 g/mol. The minimum atomic E-state index is 0.150. The van der Waals surface area contributed by atoms with Crippen molar-refractivity contribution in [2.75, 3.05) is 0 Å². The first-order valence-corrected chi connectivity index (χ1v) is 7.51. The van der Waals surface area contributed by atoms with Crippen LogP contribution < -0.4 is 0 Å². The van der Waals surface area contributed by atoms with Gasteiger partial charge >= 0.3 is 0 Å². The van der Waals surface area contributed by atoms with Gasteiger partial charge in [0.2, 0.25) is 0 Å². The van der Waals surface area contributed by atoms with Crippen LogP contribution in [0.25, 0.3) is 0 Å². The van der Waals surface area contributed by atoms with Crippen LogP contribution in [-0.2, 0) is 6.42 Å². The molecule has 0 radical (unpaired) electrons. The third kappa shape index (κ3) is 3.53. The van der Waals surface area contributed by atoms with E-state index < -0.39 is 0 Å². The van der Waals surface area contributed by atoms with Gasteiger partial charge in [0.15, 0.2) is 5.78 Å². The summed E-state index contributed by atoms with van der Waals surface area (Å²) < 4.78 is 0.971. The van der Waals surface area contributed by atoms with Crippen molar-refractivity contribution in [3.8, 4) is 0 Å². The highest BCUT2D eigenvalue weighted by atomic mass is 127. The van der Waals surface area contributed by atoms with Crippen LogP contribution in [0.4, 0.5) is 0 Å². The van der Waals surface area contributed by atoms with Gasteiger partial charge in [0.25, 0.3) is 0 Å². The van der Waals surface area contributed by atoms with E-state index in [0.29, 0.717) is 17.0 Å². The van der Waals surface area contributed by atoms with Gasteiger partial charge in [0, 0.05) is 20.4 Å². The number of carbonyl (C=O) groups excluding carboxylic acids is 1. The maximum atomic E-state index is 11.9. The molecule has 17 heavy (non-hydrogen) atoms. The highest BCUT2D eigenvalue weighted by molar-refractivity contribution is 14.1. The molecule has 1 nitrogen and oxygen atoms in total. The molecule has 0 fully saturated rings. The second-order valence-electron chi connectivity index (χ2n) is 3.63. The Bertz CT molecular complexity index is 522. The fourth-order valence-electron chi connectivity index (χ4n) is 1.51. The standard InChI is InChI=1S/C13H10ClIOS/c14-11-8-9(3-5-12(11)15)13(16)6-4-10-2-1-7-17-10/h1-3,5,7-8H,4,6H2. The van der Waals surface area contributed by atoms with Crippen molar-refractivity contribution in [3.05, 3.63) is 54.7 Å². The summed E-state index contributed by atoms with van der Waals surface area (Å²) in [5.41, 5.74) is 0.701. The van der Waals surface area contributed by atoms with Gasteiger partial charge in [-0.05, 0) is 52.6 Å². The predicted molar refractivity (Wildman–Crippen MR) is 81.1 cm³/mol. The van der Waals surface area contributed by atoms with Gasteiger partial charge in [-0.25, -0.2) is 0 Å². The van der Waals surface area contributed by atoms with Gasteiger partial charge in [0.1, 0.15) is 0 Å². The van der Waals surface area contributed by atoms with Gasteiger partial charge in [-0.1, -0.05) is 23.7 Å². The number of carbonyl (C=O) groups is 1. The zero-order valence-corrected chi connectivity index (χ0v) is 12.7. The lowest BCUT2D eigenvalue weighted by Gasteiger charge is -2.02. The van der Waals surface area contributed by atoms with Crippen LogP contribution in [0.3, 0.4) is 0 Å². The molecule has 1 aromatic heterocycles. The van der Waals surface area contributed by atoms with E-state index in [9.17, 15) is 4.79 Å². The Balaban J connectivity index is 2.02. The molecule has 1 aromatic carbocycles. The maximum absolute atomic E-state index is 11.9. The Labute approximate surface area is 123 Å². The highest BCUT2D eigenvalue weighted by Gasteiger charge is 2.08. The lowest BCUT2D eigenvalue weighted by molar-refractivity contribution is 0.0983. The Kier molecular flexibility index (Phi) is 4.59. The van der Waals surface area contributed by atoms with Crippen LogP contribution in [0.5, 0.6) is 0 Å². The number of rotatable bonds is 4. The third-order valence-electron chi connectivity index (χ3n) is 2.42. The van der Waals surface area contributed by atoms with E-state index in [1.807, 2.05) is 23.6 Å². The molecule has 0 atom stereocenters. The van der Waals surface area contributed by atoms with Crippen molar-refractivity contribution in [2.45, 2.75) is 12.8 Å². The van der Waals surface area contributed by atoms with Crippen molar-refractivity contribution in [3.63, 3.8) is 0 Å². The fourth-order valence-corrected chi connectivity index (χ4v) is 2.73. The topological polar surface area (TPSA) is 17.1 Å². The van der Waals surface area contributed by atoms with Crippen LogP contribution >= 0.6 is 45.5 Å². The summed E-state index contributed by atoms with van der Waals surface area (Å²) in [6.45, 7) is 0. The molecule has 2 rings (SSSR count). The molecule has 0 unspecified atom stereocenters. The second kappa shape index (κ2) is 5.98. The van der Waals surface area contributed by atoms with Crippen molar-refractivity contribution in [1.82, 2.24) is 0 Å². The summed E-state index contributed by atoms with van der Waals surface area (Å²) in [7, 11) is 0. The number of hydrogen-bond donors (Lipinski definition) is 0. The van der Waals surface area contributed by atoms with Gasteiger partial charge in [0.05, 0.1) is 5.02 Å². The van der Waals surface area contributed by atoms with E-state index in [4.69, 9.17) is 11.6 Å². The van der Waals surface area contributed by atoms with E-state index in [1.54, 1.807) is 17.4 Å². The molecule has 0 aliphatic heterocycles. The number of Topliss-reactive ketones (excluding diaryl/α,β-unsaturated/α-hetero) is 1. The Morgan fingerprint density at radius 2 is 2.18 bits per heavy atom. The highest BCUT2D eigenvalue weighted by Crippen LogP contribution is 2.21. The maximum Gasteiger partial charge on any atom is 0.163 e. The molecule has 0 saturated heterocycles. The first-order chi connectivity index (χ1) is 8.16. The van der Waals surface area contributed by atoms with Crippen LogP contribution in [-0.4, -0.2) is 5.78 Å².